The minimum Gasteiger partial charge on any atom is -0.491 e. The largest absolute Gasteiger partial charge is 0.491 e. The molecule has 1 rings (SSSR count). The summed E-state index contributed by atoms with van der Waals surface area (Å²) >= 11 is 0. The zero-order chi connectivity index (χ0) is 12.5. The highest BCUT2D eigenvalue weighted by molar-refractivity contribution is 5.87. The number of hydrogen-bond donors (Lipinski definition) is 1. The molecule has 1 aromatic rings. The molecular weight excluding hydrogens is 224 g/mol. The Morgan fingerprint density at radius 1 is 1.12 bits per heavy atom. The second-order valence-corrected chi connectivity index (χ2v) is 3.28. The molecule has 1 N–H and O–H groups in total. The molecule has 0 radical (unpaired) electrons. The van der Waals surface area contributed by atoms with E-state index in [2.05, 4.69) is 0 Å². The van der Waals surface area contributed by atoms with Crippen molar-refractivity contribution in [2.75, 3.05) is 33.5 Å². The molecule has 0 spiro atoms. The molecule has 5 nitrogen and oxygen atoms in total. The van der Waals surface area contributed by atoms with E-state index in [1.807, 2.05) is 0 Å². The third kappa shape index (κ3) is 5.33. The molecule has 5 heteroatoms. The second-order valence-electron chi connectivity index (χ2n) is 3.28. The van der Waals surface area contributed by atoms with E-state index in [9.17, 15) is 4.79 Å². The molecule has 0 aromatic heterocycles. The Kier molecular flexibility index (Phi) is 6.06. The van der Waals surface area contributed by atoms with Crippen LogP contribution in [0.25, 0.3) is 0 Å². The minimum absolute atomic E-state index is 0.244. The Hall–Kier alpha value is -1.59. The molecule has 0 heterocycles. The first-order valence-electron chi connectivity index (χ1n) is 5.27. The van der Waals surface area contributed by atoms with Gasteiger partial charge < -0.3 is 19.3 Å². The van der Waals surface area contributed by atoms with Crippen LogP contribution < -0.4 is 4.74 Å². The van der Waals surface area contributed by atoms with Gasteiger partial charge in [0.2, 0.25) is 0 Å². The number of ether oxygens (including phenoxy) is 3. The predicted octanol–water partition coefficient (Wildman–Crippen LogP) is 1.43. The van der Waals surface area contributed by atoms with E-state index < -0.39 is 5.97 Å². The van der Waals surface area contributed by atoms with Gasteiger partial charge in [-0.2, -0.15) is 0 Å². The number of hydrogen-bond acceptors (Lipinski definition) is 4. The average Bonchev–Trinajstić information content (AvgIpc) is 2.34. The normalized spacial score (nSPS) is 10.2. The number of carboxylic acids is 1. The fourth-order valence-electron chi connectivity index (χ4n) is 1.16. The van der Waals surface area contributed by atoms with E-state index in [4.69, 9.17) is 19.3 Å². The summed E-state index contributed by atoms with van der Waals surface area (Å²) < 4.78 is 15.4. The summed E-state index contributed by atoms with van der Waals surface area (Å²) in [6.07, 6.45) is 0. The molecule has 0 unspecified atom stereocenters. The molecule has 0 saturated carbocycles. The maximum atomic E-state index is 10.6. The van der Waals surface area contributed by atoms with Gasteiger partial charge in [-0.1, -0.05) is 0 Å². The van der Waals surface area contributed by atoms with E-state index in [0.29, 0.717) is 32.2 Å². The first-order chi connectivity index (χ1) is 8.24. The van der Waals surface area contributed by atoms with Gasteiger partial charge >= 0.3 is 5.97 Å². The van der Waals surface area contributed by atoms with E-state index in [-0.39, 0.29) is 5.56 Å². The van der Waals surface area contributed by atoms with Crippen molar-refractivity contribution in [2.45, 2.75) is 0 Å². The summed E-state index contributed by atoms with van der Waals surface area (Å²) in [5.74, 6) is -0.315. The topological polar surface area (TPSA) is 65.0 Å². The summed E-state index contributed by atoms with van der Waals surface area (Å²) in [4.78, 5) is 10.6. The molecule has 1 aromatic carbocycles. The van der Waals surface area contributed by atoms with E-state index in [1.54, 1.807) is 19.2 Å². The van der Waals surface area contributed by atoms with Crippen LogP contribution in [0.4, 0.5) is 0 Å². The van der Waals surface area contributed by atoms with Crippen molar-refractivity contribution in [1.29, 1.82) is 0 Å². The van der Waals surface area contributed by atoms with Gasteiger partial charge in [0, 0.05) is 7.11 Å². The number of aromatic carboxylic acids is 1. The van der Waals surface area contributed by atoms with E-state index in [1.165, 1.54) is 12.1 Å². The molecule has 17 heavy (non-hydrogen) atoms. The summed E-state index contributed by atoms with van der Waals surface area (Å²) in [6.45, 7) is 2.01. The smallest absolute Gasteiger partial charge is 0.335 e. The maximum absolute atomic E-state index is 10.6. The molecule has 0 atom stereocenters. The first kappa shape index (κ1) is 13.5. The lowest BCUT2D eigenvalue weighted by molar-refractivity contribution is 0.0544. The zero-order valence-corrected chi connectivity index (χ0v) is 9.72. The molecule has 0 fully saturated rings. The second kappa shape index (κ2) is 7.65. The van der Waals surface area contributed by atoms with Gasteiger partial charge in [0.1, 0.15) is 12.4 Å². The summed E-state index contributed by atoms with van der Waals surface area (Å²) in [7, 11) is 1.61. The minimum atomic E-state index is -0.945. The van der Waals surface area contributed by atoms with Crippen LogP contribution in [-0.2, 0) is 9.47 Å². The third-order valence-corrected chi connectivity index (χ3v) is 2.03. The van der Waals surface area contributed by atoms with Crippen molar-refractivity contribution in [2.24, 2.45) is 0 Å². The summed E-state index contributed by atoms with van der Waals surface area (Å²) in [5, 5.41) is 8.70. The molecule has 0 aliphatic heterocycles. The lowest BCUT2D eigenvalue weighted by Gasteiger charge is -2.07. The number of carboxylic acid groups (broad SMARTS) is 1. The van der Waals surface area contributed by atoms with Crippen molar-refractivity contribution in [3.8, 4) is 5.75 Å². The van der Waals surface area contributed by atoms with Gasteiger partial charge in [-0.3, -0.25) is 0 Å². The van der Waals surface area contributed by atoms with Gasteiger partial charge in [0.15, 0.2) is 0 Å². The van der Waals surface area contributed by atoms with Crippen molar-refractivity contribution in [3.63, 3.8) is 0 Å². The Morgan fingerprint density at radius 3 is 2.35 bits per heavy atom. The van der Waals surface area contributed by atoms with Crippen LogP contribution in [0.1, 0.15) is 10.4 Å². The van der Waals surface area contributed by atoms with Gasteiger partial charge in [-0.15, -0.1) is 0 Å². The molecule has 0 amide bonds. The number of rotatable bonds is 8. The van der Waals surface area contributed by atoms with Crippen LogP contribution in [0, 0.1) is 0 Å². The molecule has 0 aliphatic carbocycles. The lowest BCUT2D eigenvalue weighted by Crippen LogP contribution is -2.10. The van der Waals surface area contributed by atoms with Gasteiger partial charge in [0.05, 0.1) is 25.4 Å². The average molecular weight is 240 g/mol. The number of carbonyl (C=O) groups is 1. The number of benzene rings is 1. The fourth-order valence-corrected chi connectivity index (χ4v) is 1.16. The SMILES string of the molecule is COCCOCCOc1ccc(C(=O)O)cc1. The van der Waals surface area contributed by atoms with Gasteiger partial charge in [0.25, 0.3) is 0 Å². The standard InChI is InChI=1S/C12H16O5/c1-15-6-7-16-8-9-17-11-4-2-10(3-5-11)12(13)14/h2-5H,6-9H2,1H3,(H,13,14). The predicted molar refractivity (Wildman–Crippen MR) is 61.6 cm³/mol. The van der Waals surface area contributed by atoms with E-state index >= 15 is 0 Å². The van der Waals surface area contributed by atoms with Gasteiger partial charge in [-0.25, -0.2) is 4.79 Å². The molecular formula is C12H16O5. The van der Waals surface area contributed by atoms with E-state index in [0.717, 1.165) is 0 Å². The highest BCUT2D eigenvalue weighted by Gasteiger charge is 2.01. The lowest BCUT2D eigenvalue weighted by atomic mass is 10.2. The zero-order valence-electron chi connectivity index (χ0n) is 9.72. The monoisotopic (exact) mass is 240 g/mol. The molecule has 0 aliphatic rings. The highest BCUT2D eigenvalue weighted by Crippen LogP contribution is 2.11. The van der Waals surface area contributed by atoms with Crippen LogP contribution >= 0.6 is 0 Å². The van der Waals surface area contributed by atoms with Crippen LogP contribution in [0.3, 0.4) is 0 Å². The van der Waals surface area contributed by atoms with Gasteiger partial charge in [-0.05, 0) is 24.3 Å². The van der Waals surface area contributed by atoms with Crippen LogP contribution in [0.2, 0.25) is 0 Å². The van der Waals surface area contributed by atoms with Crippen molar-refractivity contribution < 1.29 is 24.1 Å². The quantitative estimate of drug-likeness (QED) is 0.696. The van der Waals surface area contributed by atoms with Crippen molar-refractivity contribution in [3.05, 3.63) is 29.8 Å². The highest BCUT2D eigenvalue weighted by atomic mass is 16.5. The van der Waals surface area contributed by atoms with Crippen LogP contribution in [0.15, 0.2) is 24.3 Å². The Morgan fingerprint density at radius 2 is 1.76 bits per heavy atom. The van der Waals surface area contributed by atoms with Crippen LogP contribution in [0.5, 0.6) is 5.75 Å². The third-order valence-electron chi connectivity index (χ3n) is 2.03. The summed E-state index contributed by atoms with van der Waals surface area (Å²) in [6, 6.07) is 6.25. The molecule has 94 valence electrons. The molecule has 0 saturated heterocycles. The Labute approximate surface area is 99.9 Å². The Balaban J connectivity index is 2.21. The number of methoxy groups -OCH3 is 1. The van der Waals surface area contributed by atoms with Crippen molar-refractivity contribution in [1.82, 2.24) is 0 Å². The van der Waals surface area contributed by atoms with Crippen LogP contribution in [-0.4, -0.2) is 44.6 Å². The fraction of sp³-hybridized carbons (Fsp3) is 0.417. The first-order valence-corrected chi connectivity index (χ1v) is 5.27. The van der Waals surface area contributed by atoms with Crippen molar-refractivity contribution >= 4 is 5.97 Å². The molecule has 0 bridgehead atoms. The Bertz CT molecular complexity index is 333. The summed E-state index contributed by atoms with van der Waals surface area (Å²) in [5.41, 5.74) is 0.244. The maximum Gasteiger partial charge on any atom is 0.335 e.